The van der Waals surface area contributed by atoms with E-state index in [-0.39, 0.29) is 0 Å². The molecule has 2 heteroatoms. The molecule has 2 rings (SSSR count). The van der Waals surface area contributed by atoms with Crippen LogP contribution in [-0.4, -0.2) is 18.0 Å². The minimum atomic E-state index is 0.295. The molecule has 1 spiro atoms. The fraction of sp³-hybridized carbons (Fsp3) is 1.00. The van der Waals surface area contributed by atoms with Gasteiger partial charge in [0.1, 0.15) is 0 Å². The molecule has 1 nitrogen and oxygen atoms in total. The molecular formula is C8H14OS. The molecule has 2 aliphatic rings. The lowest BCUT2D eigenvalue weighted by molar-refractivity contribution is -0.109. The fourth-order valence-electron chi connectivity index (χ4n) is 2.16. The lowest BCUT2D eigenvalue weighted by Crippen LogP contribution is -2.41. The zero-order valence-corrected chi connectivity index (χ0v) is 7.29. The second kappa shape index (κ2) is 1.92. The third kappa shape index (κ3) is 0.978. The minimum Gasteiger partial charge on any atom is -0.380 e. The summed E-state index contributed by atoms with van der Waals surface area (Å²) in [7, 11) is 0. The Morgan fingerprint density at radius 2 is 2.00 bits per heavy atom. The van der Waals surface area contributed by atoms with Gasteiger partial charge in [0.25, 0.3) is 0 Å². The summed E-state index contributed by atoms with van der Waals surface area (Å²) < 4.78 is 5.51. The van der Waals surface area contributed by atoms with Gasteiger partial charge in [-0.05, 0) is 19.3 Å². The van der Waals surface area contributed by atoms with Crippen LogP contribution in [-0.2, 0) is 4.74 Å². The number of hydrogen-bond donors (Lipinski definition) is 1. The third-order valence-electron chi connectivity index (χ3n) is 2.77. The van der Waals surface area contributed by atoms with Gasteiger partial charge in [0.15, 0.2) is 0 Å². The van der Waals surface area contributed by atoms with Gasteiger partial charge in [-0.3, -0.25) is 0 Å². The van der Waals surface area contributed by atoms with Crippen molar-refractivity contribution in [2.24, 2.45) is 5.41 Å². The van der Waals surface area contributed by atoms with Gasteiger partial charge in [0, 0.05) is 10.2 Å². The van der Waals surface area contributed by atoms with E-state index in [0.29, 0.717) is 10.2 Å². The Labute approximate surface area is 67.6 Å². The monoisotopic (exact) mass is 158 g/mol. The molecule has 58 valence electrons. The first kappa shape index (κ1) is 6.99. The van der Waals surface area contributed by atoms with E-state index in [1.165, 1.54) is 19.3 Å². The van der Waals surface area contributed by atoms with Gasteiger partial charge in [0.05, 0.1) is 13.2 Å². The molecule has 1 saturated heterocycles. The molecule has 0 aromatic rings. The molecule has 1 atom stereocenters. The molecule has 0 radical (unpaired) electrons. The van der Waals surface area contributed by atoms with Crippen molar-refractivity contribution in [2.75, 3.05) is 13.2 Å². The summed E-state index contributed by atoms with van der Waals surface area (Å²) in [6, 6.07) is 0. The van der Waals surface area contributed by atoms with E-state index in [4.69, 9.17) is 4.74 Å². The Morgan fingerprint density at radius 3 is 2.20 bits per heavy atom. The van der Waals surface area contributed by atoms with Crippen LogP contribution in [0.5, 0.6) is 0 Å². The Morgan fingerprint density at radius 1 is 1.30 bits per heavy atom. The van der Waals surface area contributed by atoms with Gasteiger partial charge in [-0.25, -0.2) is 0 Å². The number of ether oxygens (including phenoxy) is 1. The number of rotatable bonds is 0. The molecule has 1 aliphatic carbocycles. The van der Waals surface area contributed by atoms with Gasteiger partial charge in [-0.1, -0.05) is 6.92 Å². The van der Waals surface area contributed by atoms with Crippen LogP contribution in [0.4, 0.5) is 0 Å². The Kier molecular flexibility index (Phi) is 1.34. The summed E-state index contributed by atoms with van der Waals surface area (Å²) in [6.45, 7) is 4.22. The van der Waals surface area contributed by atoms with E-state index < -0.39 is 0 Å². The third-order valence-corrected chi connectivity index (χ3v) is 3.15. The van der Waals surface area contributed by atoms with Crippen molar-refractivity contribution in [1.29, 1.82) is 0 Å². The molecule has 0 aromatic heterocycles. The number of hydrogen-bond acceptors (Lipinski definition) is 2. The van der Waals surface area contributed by atoms with Crippen molar-refractivity contribution in [1.82, 2.24) is 0 Å². The van der Waals surface area contributed by atoms with Crippen LogP contribution in [0.3, 0.4) is 0 Å². The van der Waals surface area contributed by atoms with Crippen LogP contribution in [0.15, 0.2) is 0 Å². The highest BCUT2D eigenvalue weighted by atomic mass is 32.1. The van der Waals surface area contributed by atoms with Crippen LogP contribution in [0.1, 0.15) is 26.2 Å². The standard InChI is InChI=1S/C8H14OS/c1-7(10)2-3-8(4-7)5-9-6-8/h10H,2-6H2,1H3. The maximum Gasteiger partial charge on any atom is 0.0545 e. The van der Waals surface area contributed by atoms with E-state index in [1.54, 1.807) is 0 Å². The second-order valence-corrected chi connectivity index (χ2v) is 5.25. The van der Waals surface area contributed by atoms with Crippen LogP contribution in [0.2, 0.25) is 0 Å². The Hall–Kier alpha value is 0.310. The highest BCUT2D eigenvalue weighted by Gasteiger charge is 2.48. The SMILES string of the molecule is CC1(S)CCC2(COC2)C1. The molecule has 10 heavy (non-hydrogen) atoms. The van der Waals surface area contributed by atoms with Gasteiger partial charge >= 0.3 is 0 Å². The van der Waals surface area contributed by atoms with Crippen LogP contribution < -0.4 is 0 Å². The van der Waals surface area contributed by atoms with Gasteiger partial charge in [-0.2, -0.15) is 12.6 Å². The normalized spacial score (nSPS) is 43.8. The van der Waals surface area contributed by atoms with E-state index in [0.717, 1.165) is 13.2 Å². The van der Waals surface area contributed by atoms with E-state index in [2.05, 4.69) is 19.6 Å². The zero-order valence-electron chi connectivity index (χ0n) is 6.39. The smallest absolute Gasteiger partial charge is 0.0545 e. The van der Waals surface area contributed by atoms with Crippen LogP contribution in [0.25, 0.3) is 0 Å². The second-order valence-electron chi connectivity index (χ2n) is 4.17. The molecule has 1 aliphatic heterocycles. The highest BCUT2D eigenvalue weighted by Crippen LogP contribution is 2.51. The van der Waals surface area contributed by atoms with Gasteiger partial charge < -0.3 is 4.74 Å². The first-order valence-corrected chi connectivity index (χ1v) is 4.37. The summed E-state index contributed by atoms with van der Waals surface area (Å²) in [4.78, 5) is 0. The topological polar surface area (TPSA) is 9.23 Å². The minimum absolute atomic E-state index is 0.295. The molecule has 0 amide bonds. The lowest BCUT2D eigenvalue weighted by atomic mass is 9.83. The molecule has 0 N–H and O–H groups in total. The summed E-state index contributed by atoms with van der Waals surface area (Å²) in [6.07, 6.45) is 3.84. The van der Waals surface area contributed by atoms with Crippen molar-refractivity contribution in [2.45, 2.75) is 30.9 Å². The summed E-state index contributed by atoms with van der Waals surface area (Å²) in [5, 5.41) is 0. The average molecular weight is 158 g/mol. The predicted molar refractivity (Wildman–Crippen MR) is 44.5 cm³/mol. The van der Waals surface area contributed by atoms with Crippen molar-refractivity contribution in [3.8, 4) is 0 Å². The maximum atomic E-state index is 5.22. The molecule has 2 fully saturated rings. The molecule has 0 bridgehead atoms. The van der Waals surface area contributed by atoms with Gasteiger partial charge in [0.2, 0.25) is 0 Å². The Bertz CT molecular complexity index is 149. The average Bonchev–Trinajstić information content (AvgIpc) is 2.04. The zero-order chi connectivity index (χ0) is 7.24. The number of thiol groups is 1. The first-order chi connectivity index (χ1) is 4.62. The van der Waals surface area contributed by atoms with E-state index >= 15 is 0 Å². The molecule has 1 saturated carbocycles. The first-order valence-electron chi connectivity index (χ1n) is 3.92. The molecule has 1 unspecified atom stereocenters. The highest BCUT2D eigenvalue weighted by molar-refractivity contribution is 7.81. The van der Waals surface area contributed by atoms with Crippen molar-refractivity contribution >= 4 is 12.6 Å². The maximum absolute atomic E-state index is 5.22. The van der Waals surface area contributed by atoms with Crippen LogP contribution >= 0.6 is 12.6 Å². The largest absolute Gasteiger partial charge is 0.380 e. The molecule has 1 heterocycles. The van der Waals surface area contributed by atoms with Crippen molar-refractivity contribution < 1.29 is 4.74 Å². The van der Waals surface area contributed by atoms with Gasteiger partial charge in [-0.15, -0.1) is 0 Å². The summed E-state index contributed by atoms with van der Waals surface area (Å²) >= 11 is 4.59. The Balaban J connectivity index is 2.05. The molecule has 0 aromatic carbocycles. The quantitative estimate of drug-likeness (QED) is 0.530. The van der Waals surface area contributed by atoms with E-state index in [1.807, 2.05) is 0 Å². The summed E-state index contributed by atoms with van der Waals surface area (Å²) in [5.41, 5.74) is 0.552. The molecular weight excluding hydrogens is 144 g/mol. The van der Waals surface area contributed by atoms with E-state index in [9.17, 15) is 0 Å². The summed E-state index contributed by atoms with van der Waals surface area (Å²) in [5.74, 6) is 0. The lowest BCUT2D eigenvalue weighted by Gasteiger charge is -2.38. The predicted octanol–water partition coefficient (Wildman–Crippen LogP) is 1.88. The van der Waals surface area contributed by atoms with Crippen molar-refractivity contribution in [3.63, 3.8) is 0 Å². The fourth-order valence-corrected chi connectivity index (χ4v) is 2.60. The van der Waals surface area contributed by atoms with Crippen LogP contribution in [0, 0.1) is 5.41 Å². The van der Waals surface area contributed by atoms with Crippen molar-refractivity contribution in [3.05, 3.63) is 0 Å².